The highest BCUT2D eigenvalue weighted by Gasteiger charge is 2.15. The predicted molar refractivity (Wildman–Crippen MR) is 53.9 cm³/mol. The van der Waals surface area contributed by atoms with Gasteiger partial charge in [0.2, 0.25) is 0 Å². The molecule has 0 aliphatic carbocycles. The van der Waals surface area contributed by atoms with Crippen LogP contribution in [0.4, 0.5) is 0 Å². The fraction of sp³-hybridized carbons (Fsp3) is 0.364. The minimum Gasteiger partial charge on any atom is -0.507 e. The molecule has 0 radical (unpaired) electrons. The van der Waals surface area contributed by atoms with Gasteiger partial charge in [-0.15, -0.1) is 0 Å². The van der Waals surface area contributed by atoms with Crippen LogP contribution in [0.5, 0.6) is 5.75 Å². The molecule has 0 spiro atoms. The summed E-state index contributed by atoms with van der Waals surface area (Å²) >= 11 is 0. The van der Waals surface area contributed by atoms with E-state index in [0.717, 1.165) is 5.56 Å². The third-order valence-corrected chi connectivity index (χ3v) is 2.33. The van der Waals surface area contributed by atoms with Gasteiger partial charge in [-0.05, 0) is 30.0 Å². The molecule has 76 valence electrons. The Morgan fingerprint density at radius 3 is 2.36 bits per heavy atom. The molecule has 0 fully saturated rings. The van der Waals surface area contributed by atoms with Crippen LogP contribution < -0.4 is 0 Å². The van der Waals surface area contributed by atoms with Crippen molar-refractivity contribution in [1.82, 2.24) is 0 Å². The standard InChI is InChI=1S/C11H14O3/c1-6(2)8-4-5-9(11(13)14)10(12)7(8)3/h4-6,12H,1-3H3,(H,13,14). The van der Waals surface area contributed by atoms with E-state index < -0.39 is 5.97 Å². The molecule has 0 heterocycles. The first-order valence-corrected chi connectivity index (χ1v) is 4.51. The Balaban J connectivity index is 3.33. The molecular formula is C11H14O3. The summed E-state index contributed by atoms with van der Waals surface area (Å²) in [5.41, 5.74) is 1.60. The largest absolute Gasteiger partial charge is 0.507 e. The van der Waals surface area contributed by atoms with E-state index in [1.54, 1.807) is 13.0 Å². The summed E-state index contributed by atoms with van der Waals surface area (Å²) in [6.45, 7) is 5.74. The summed E-state index contributed by atoms with van der Waals surface area (Å²) in [7, 11) is 0. The lowest BCUT2D eigenvalue weighted by molar-refractivity contribution is 0.0693. The maximum Gasteiger partial charge on any atom is 0.339 e. The number of aromatic hydroxyl groups is 1. The van der Waals surface area contributed by atoms with Crippen molar-refractivity contribution in [1.29, 1.82) is 0 Å². The lowest BCUT2D eigenvalue weighted by Crippen LogP contribution is -2.01. The Labute approximate surface area is 83.0 Å². The first-order chi connectivity index (χ1) is 6.45. The molecule has 0 aliphatic rings. The van der Waals surface area contributed by atoms with E-state index in [9.17, 15) is 9.90 Å². The van der Waals surface area contributed by atoms with Crippen molar-refractivity contribution in [2.45, 2.75) is 26.7 Å². The molecule has 0 atom stereocenters. The number of carboxylic acids is 1. The lowest BCUT2D eigenvalue weighted by atomic mass is 9.95. The number of carboxylic acid groups (broad SMARTS) is 1. The Morgan fingerprint density at radius 1 is 1.36 bits per heavy atom. The van der Waals surface area contributed by atoms with Gasteiger partial charge >= 0.3 is 5.97 Å². The summed E-state index contributed by atoms with van der Waals surface area (Å²) in [6, 6.07) is 3.20. The van der Waals surface area contributed by atoms with Crippen molar-refractivity contribution in [2.24, 2.45) is 0 Å². The molecule has 0 amide bonds. The highest BCUT2D eigenvalue weighted by Crippen LogP contribution is 2.29. The molecule has 0 saturated carbocycles. The third-order valence-electron chi connectivity index (χ3n) is 2.33. The van der Waals surface area contributed by atoms with Crippen molar-refractivity contribution in [3.63, 3.8) is 0 Å². The van der Waals surface area contributed by atoms with Crippen LogP contribution in [-0.2, 0) is 0 Å². The highest BCUT2D eigenvalue weighted by molar-refractivity contribution is 5.91. The zero-order chi connectivity index (χ0) is 10.9. The first kappa shape index (κ1) is 10.6. The second-order valence-corrected chi connectivity index (χ2v) is 3.64. The molecule has 0 bridgehead atoms. The Hall–Kier alpha value is -1.51. The smallest absolute Gasteiger partial charge is 0.339 e. The summed E-state index contributed by atoms with van der Waals surface area (Å²) in [5.74, 6) is -0.937. The van der Waals surface area contributed by atoms with Crippen LogP contribution in [0.15, 0.2) is 12.1 Å². The van der Waals surface area contributed by atoms with Crippen LogP contribution in [0.3, 0.4) is 0 Å². The van der Waals surface area contributed by atoms with Crippen LogP contribution in [-0.4, -0.2) is 16.2 Å². The SMILES string of the molecule is Cc1c(C(C)C)ccc(C(=O)O)c1O. The number of hydrogen-bond acceptors (Lipinski definition) is 2. The predicted octanol–water partition coefficient (Wildman–Crippen LogP) is 2.52. The Morgan fingerprint density at radius 2 is 1.93 bits per heavy atom. The summed E-state index contributed by atoms with van der Waals surface area (Å²) in [4.78, 5) is 10.7. The van der Waals surface area contributed by atoms with E-state index in [2.05, 4.69) is 0 Å². The minimum atomic E-state index is -1.10. The van der Waals surface area contributed by atoms with E-state index in [-0.39, 0.29) is 17.2 Å². The molecule has 14 heavy (non-hydrogen) atoms. The van der Waals surface area contributed by atoms with Crippen molar-refractivity contribution >= 4 is 5.97 Å². The molecule has 0 aliphatic heterocycles. The molecule has 1 aromatic carbocycles. The Kier molecular flexibility index (Phi) is 2.79. The van der Waals surface area contributed by atoms with Crippen molar-refractivity contribution in [2.75, 3.05) is 0 Å². The van der Waals surface area contributed by atoms with Gasteiger partial charge in [0.1, 0.15) is 11.3 Å². The highest BCUT2D eigenvalue weighted by atomic mass is 16.4. The molecule has 3 nitrogen and oxygen atoms in total. The lowest BCUT2D eigenvalue weighted by Gasteiger charge is -2.12. The number of benzene rings is 1. The van der Waals surface area contributed by atoms with E-state index in [1.807, 2.05) is 13.8 Å². The van der Waals surface area contributed by atoms with Gasteiger partial charge in [-0.3, -0.25) is 0 Å². The molecule has 3 heteroatoms. The minimum absolute atomic E-state index is 0.0353. The van der Waals surface area contributed by atoms with E-state index in [4.69, 9.17) is 5.11 Å². The molecule has 0 saturated heterocycles. The topological polar surface area (TPSA) is 57.5 Å². The average Bonchev–Trinajstić information content (AvgIpc) is 2.08. The summed E-state index contributed by atoms with van der Waals surface area (Å²) < 4.78 is 0. The van der Waals surface area contributed by atoms with Gasteiger partial charge in [0.05, 0.1) is 0 Å². The number of phenols is 1. The molecule has 0 unspecified atom stereocenters. The van der Waals surface area contributed by atoms with Crippen LogP contribution >= 0.6 is 0 Å². The molecule has 1 aromatic rings. The average molecular weight is 194 g/mol. The van der Waals surface area contributed by atoms with Gasteiger partial charge in [0.25, 0.3) is 0 Å². The zero-order valence-electron chi connectivity index (χ0n) is 8.53. The monoisotopic (exact) mass is 194 g/mol. The van der Waals surface area contributed by atoms with Crippen LogP contribution in [0.1, 0.15) is 41.3 Å². The second-order valence-electron chi connectivity index (χ2n) is 3.64. The molecule has 1 rings (SSSR count). The van der Waals surface area contributed by atoms with Crippen LogP contribution in [0.2, 0.25) is 0 Å². The Bertz CT molecular complexity index is 367. The quantitative estimate of drug-likeness (QED) is 0.760. The van der Waals surface area contributed by atoms with Crippen LogP contribution in [0, 0.1) is 6.92 Å². The number of hydrogen-bond donors (Lipinski definition) is 2. The van der Waals surface area contributed by atoms with Gasteiger partial charge in [0, 0.05) is 0 Å². The fourth-order valence-corrected chi connectivity index (χ4v) is 1.51. The summed E-state index contributed by atoms with van der Waals surface area (Å²) in [6.07, 6.45) is 0. The van der Waals surface area contributed by atoms with E-state index in [0.29, 0.717) is 5.56 Å². The normalized spacial score (nSPS) is 10.6. The summed E-state index contributed by atoms with van der Waals surface area (Å²) in [5, 5.41) is 18.4. The van der Waals surface area contributed by atoms with Gasteiger partial charge in [-0.2, -0.15) is 0 Å². The van der Waals surface area contributed by atoms with E-state index >= 15 is 0 Å². The molecule has 0 aromatic heterocycles. The van der Waals surface area contributed by atoms with Gasteiger partial charge < -0.3 is 10.2 Å². The zero-order valence-corrected chi connectivity index (χ0v) is 8.53. The molecular weight excluding hydrogens is 180 g/mol. The number of aromatic carboxylic acids is 1. The van der Waals surface area contributed by atoms with Crippen molar-refractivity contribution in [3.8, 4) is 5.75 Å². The van der Waals surface area contributed by atoms with Crippen molar-refractivity contribution in [3.05, 3.63) is 28.8 Å². The van der Waals surface area contributed by atoms with Gasteiger partial charge in [-0.25, -0.2) is 4.79 Å². The number of rotatable bonds is 2. The maximum atomic E-state index is 10.7. The number of carbonyl (C=O) groups is 1. The molecule has 2 N–H and O–H groups in total. The first-order valence-electron chi connectivity index (χ1n) is 4.51. The van der Waals surface area contributed by atoms with Crippen LogP contribution in [0.25, 0.3) is 0 Å². The fourth-order valence-electron chi connectivity index (χ4n) is 1.51. The second kappa shape index (κ2) is 3.70. The van der Waals surface area contributed by atoms with Crippen molar-refractivity contribution < 1.29 is 15.0 Å². The third kappa shape index (κ3) is 1.71. The van der Waals surface area contributed by atoms with E-state index in [1.165, 1.54) is 6.07 Å². The van der Waals surface area contributed by atoms with Gasteiger partial charge in [-0.1, -0.05) is 19.9 Å². The van der Waals surface area contributed by atoms with Gasteiger partial charge in [0.15, 0.2) is 0 Å². The maximum absolute atomic E-state index is 10.7.